The van der Waals surface area contributed by atoms with Crippen molar-refractivity contribution < 1.29 is 9.15 Å². The molecule has 5 nitrogen and oxygen atoms in total. The smallest absolute Gasteiger partial charge is 0.277 e. The van der Waals surface area contributed by atoms with Gasteiger partial charge >= 0.3 is 0 Å². The van der Waals surface area contributed by atoms with Crippen LogP contribution < -0.4 is 4.74 Å². The molecule has 0 N–H and O–H groups in total. The van der Waals surface area contributed by atoms with E-state index >= 15 is 0 Å². The third-order valence-electron chi connectivity index (χ3n) is 4.27. The van der Waals surface area contributed by atoms with E-state index in [1.165, 1.54) is 22.9 Å². The van der Waals surface area contributed by atoms with Crippen LogP contribution in [-0.4, -0.2) is 15.2 Å². The van der Waals surface area contributed by atoms with Crippen LogP contribution in [0.4, 0.5) is 0 Å². The number of thioether (sulfide) groups is 1. The van der Waals surface area contributed by atoms with Crippen LogP contribution in [0.2, 0.25) is 0 Å². The molecular weight excluding hydrogens is 382 g/mol. The van der Waals surface area contributed by atoms with Gasteiger partial charge in [-0.15, -0.1) is 10.2 Å². The van der Waals surface area contributed by atoms with Crippen molar-refractivity contribution in [1.82, 2.24) is 15.2 Å². The van der Waals surface area contributed by atoms with Gasteiger partial charge in [-0.1, -0.05) is 47.2 Å². The maximum atomic E-state index is 5.82. The number of benzene rings is 2. The molecule has 0 saturated carbocycles. The highest BCUT2D eigenvalue weighted by Gasteiger charge is 2.10. The van der Waals surface area contributed by atoms with E-state index in [1.54, 1.807) is 6.20 Å². The highest BCUT2D eigenvalue weighted by molar-refractivity contribution is 7.98. The standard InChI is InChI=1S/C23H21N3O2S/c1-16-11-17(2)13-19(12-16)22-25-26-23(28-22)29-15-18-6-8-21(9-7-18)27-14-20-5-3-4-10-24-20/h3-13H,14-15H2,1-2H3. The number of aryl methyl sites for hydroxylation is 2. The van der Waals surface area contributed by atoms with Crippen molar-refractivity contribution in [3.8, 4) is 17.2 Å². The van der Waals surface area contributed by atoms with Crippen LogP contribution in [0, 0.1) is 13.8 Å². The Bertz CT molecular complexity index is 1060. The van der Waals surface area contributed by atoms with Crippen LogP contribution in [0.25, 0.3) is 11.5 Å². The number of hydrogen-bond acceptors (Lipinski definition) is 6. The van der Waals surface area contributed by atoms with Crippen LogP contribution in [0.1, 0.15) is 22.4 Å². The molecule has 0 aliphatic carbocycles. The molecule has 146 valence electrons. The van der Waals surface area contributed by atoms with Crippen molar-refractivity contribution in [2.45, 2.75) is 31.4 Å². The Hall–Kier alpha value is -3.12. The molecule has 6 heteroatoms. The van der Waals surface area contributed by atoms with Crippen molar-refractivity contribution in [2.75, 3.05) is 0 Å². The van der Waals surface area contributed by atoms with Crippen molar-refractivity contribution in [2.24, 2.45) is 0 Å². The molecule has 4 aromatic rings. The summed E-state index contributed by atoms with van der Waals surface area (Å²) in [5.41, 5.74) is 5.38. The second-order valence-corrected chi connectivity index (χ2v) is 7.72. The topological polar surface area (TPSA) is 61.0 Å². The molecule has 0 atom stereocenters. The lowest BCUT2D eigenvalue weighted by atomic mass is 10.1. The Morgan fingerprint density at radius 3 is 2.45 bits per heavy atom. The van der Waals surface area contributed by atoms with Crippen LogP contribution >= 0.6 is 11.8 Å². The molecule has 0 fully saturated rings. The minimum absolute atomic E-state index is 0.456. The van der Waals surface area contributed by atoms with Crippen LogP contribution in [-0.2, 0) is 12.4 Å². The predicted octanol–water partition coefficient (Wildman–Crippen LogP) is 5.62. The Morgan fingerprint density at radius 2 is 1.72 bits per heavy atom. The monoisotopic (exact) mass is 403 g/mol. The van der Waals surface area contributed by atoms with Gasteiger partial charge < -0.3 is 9.15 Å². The lowest BCUT2D eigenvalue weighted by Crippen LogP contribution is -1.97. The Kier molecular flexibility index (Phi) is 5.91. The van der Waals surface area contributed by atoms with Gasteiger partial charge in [-0.2, -0.15) is 0 Å². The van der Waals surface area contributed by atoms with Crippen molar-refractivity contribution in [1.29, 1.82) is 0 Å². The maximum Gasteiger partial charge on any atom is 0.277 e. The molecule has 0 saturated heterocycles. The molecule has 29 heavy (non-hydrogen) atoms. The average Bonchev–Trinajstić information content (AvgIpc) is 3.21. The van der Waals surface area contributed by atoms with Crippen molar-refractivity contribution in [3.63, 3.8) is 0 Å². The van der Waals surface area contributed by atoms with Crippen LogP contribution in [0.15, 0.2) is 76.5 Å². The first-order chi connectivity index (χ1) is 14.2. The molecule has 0 amide bonds. The molecule has 0 bridgehead atoms. The summed E-state index contributed by atoms with van der Waals surface area (Å²) in [5.74, 6) is 2.12. The van der Waals surface area contributed by atoms with Gasteiger partial charge in [0.15, 0.2) is 0 Å². The fourth-order valence-corrected chi connectivity index (χ4v) is 3.67. The summed E-state index contributed by atoms with van der Waals surface area (Å²) in [7, 11) is 0. The van der Waals surface area contributed by atoms with Crippen molar-refractivity contribution in [3.05, 3.63) is 89.2 Å². The summed E-state index contributed by atoms with van der Waals surface area (Å²) >= 11 is 1.52. The van der Waals surface area contributed by atoms with E-state index < -0.39 is 0 Å². The maximum absolute atomic E-state index is 5.82. The molecule has 2 aromatic carbocycles. The SMILES string of the molecule is Cc1cc(C)cc(-c2nnc(SCc3ccc(OCc4ccccn4)cc3)o2)c1. The van der Waals surface area contributed by atoms with Gasteiger partial charge in [0.2, 0.25) is 5.89 Å². The summed E-state index contributed by atoms with van der Waals surface area (Å²) in [6, 6.07) is 20.0. The third-order valence-corrected chi connectivity index (χ3v) is 5.16. The van der Waals surface area contributed by atoms with Gasteiger partial charge in [-0.05, 0) is 55.8 Å². The second-order valence-electron chi connectivity index (χ2n) is 6.79. The minimum atomic E-state index is 0.456. The molecule has 0 aliphatic rings. The third kappa shape index (κ3) is 5.23. The zero-order valence-corrected chi connectivity index (χ0v) is 17.1. The van der Waals surface area contributed by atoms with Gasteiger partial charge in [0.1, 0.15) is 12.4 Å². The number of ether oxygens (including phenoxy) is 1. The second kappa shape index (κ2) is 8.92. The molecular formula is C23H21N3O2S. The van der Waals surface area contributed by atoms with Crippen molar-refractivity contribution >= 4 is 11.8 Å². The molecule has 4 rings (SSSR count). The number of aromatic nitrogens is 3. The van der Waals surface area contributed by atoms with E-state index in [2.05, 4.69) is 47.2 Å². The predicted molar refractivity (Wildman–Crippen MR) is 114 cm³/mol. The van der Waals surface area contributed by atoms with E-state index in [0.717, 1.165) is 28.3 Å². The molecule has 2 heterocycles. The normalized spacial score (nSPS) is 10.8. The summed E-state index contributed by atoms with van der Waals surface area (Å²) in [5, 5.41) is 8.91. The number of rotatable bonds is 7. The highest BCUT2D eigenvalue weighted by atomic mass is 32.2. The minimum Gasteiger partial charge on any atom is -0.487 e. The van der Waals surface area contributed by atoms with E-state index in [9.17, 15) is 0 Å². The van der Waals surface area contributed by atoms with Gasteiger partial charge in [-0.3, -0.25) is 4.98 Å². The van der Waals surface area contributed by atoms with Gasteiger partial charge in [-0.25, -0.2) is 0 Å². The van der Waals surface area contributed by atoms with Gasteiger partial charge in [0.25, 0.3) is 5.22 Å². The van der Waals surface area contributed by atoms with E-state index in [4.69, 9.17) is 9.15 Å². The molecule has 0 unspecified atom stereocenters. The summed E-state index contributed by atoms with van der Waals surface area (Å²) in [6.45, 7) is 4.58. The summed E-state index contributed by atoms with van der Waals surface area (Å²) in [6.07, 6.45) is 1.77. The van der Waals surface area contributed by atoms with Crippen LogP contribution in [0.3, 0.4) is 0 Å². The first-order valence-electron chi connectivity index (χ1n) is 9.32. The Balaban J connectivity index is 1.33. The molecule has 0 spiro atoms. The summed E-state index contributed by atoms with van der Waals surface area (Å²) in [4.78, 5) is 4.26. The lowest BCUT2D eigenvalue weighted by molar-refractivity contribution is 0.301. The van der Waals surface area contributed by atoms with Crippen LogP contribution in [0.5, 0.6) is 5.75 Å². The highest BCUT2D eigenvalue weighted by Crippen LogP contribution is 2.27. The quantitative estimate of drug-likeness (QED) is 0.373. The lowest BCUT2D eigenvalue weighted by Gasteiger charge is -2.06. The number of hydrogen-bond donors (Lipinski definition) is 0. The zero-order chi connectivity index (χ0) is 20.1. The fourth-order valence-electron chi connectivity index (χ4n) is 2.95. The van der Waals surface area contributed by atoms with E-state index in [0.29, 0.717) is 17.7 Å². The van der Waals surface area contributed by atoms with E-state index in [-0.39, 0.29) is 0 Å². The first kappa shape index (κ1) is 19.2. The largest absolute Gasteiger partial charge is 0.487 e. The summed E-state index contributed by atoms with van der Waals surface area (Å²) < 4.78 is 11.6. The van der Waals surface area contributed by atoms with Gasteiger partial charge in [0.05, 0.1) is 5.69 Å². The number of pyridine rings is 1. The zero-order valence-electron chi connectivity index (χ0n) is 16.3. The Labute approximate surface area is 174 Å². The molecule has 2 aromatic heterocycles. The first-order valence-corrected chi connectivity index (χ1v) is 10.3. The molecule has 0 radical (unpaired) electrons. The van der Waals surface area contributed by atoms with E-state index in [1.807, 2.05) is 42.5 Å². The Morgan fingerprint density at radius 1 is 0.931 bits per heavy atom. The molecule has 0 aliphatic heterocycles. The average molecular weight is 404 g/mol. The fraction of sp³-hybridized carbons (Fsp3) is 0.174. The number of nitrogens with zero attached hydrogens (tertiary/aromatic N) is 3. The van der Waals surface area contributed by atoms with Gasteiger partial charge in [0, 0.05) is 17.5 Å².